The van der Waals surface area contributed by atoms with Gasteiger partial charge < -0.3 is 10.0 Å². The molecule has 2 fully saturated rings. The van der Waals surface area contributed by atoms with Gasteiger partial charge in [0.2, 0.25) is 5.91 Å². The van der Waals surface area contributed by atoms with Crippen molar-refractivity contribution in [2.24, 2.45) is 0 Å². The largest absolute Gasteiger partial charge is 0.479 e. The Kier molecular flexibility index (Phi) is 3.08. The number of rotatable bonds is 3. The molecule has 6 nitrogen and oxygen atoms in total. The molecule has 2 rings (SSSR count). The van der Waals surface area contributed by atoms with Gasteiger partial charge in [0, 0.05) is 13.0 Å². The molecule has 1 N–H and O–H groups in total. The van der Waals surface area contributed by atoms with Gasteiger partial charge >= 0.3 is 16.2 Å². The molecule has 0 aromatic carbocycles. The summed E-state index contributed by atoms with van der Waals surface area (Å²) in [5, 5.41) is 7.87. The molecule has 8 heteroatoms. The summed E-state index contributed by atoms with van der Waals surface area (Å²) in [6.07, 6.45) is 1.47. The lowest BCUT2D eigenvalue weighted by atomic mass is 9.95. The first-order chi connectivity index (χ1) is 8.27. The summed E-state index contributed by atoms with van der Waals surface area (Å²) in [4.78, 5) is 24.2. The van der Waals surface area contributed by atoms with Crippen LogP contribution < -0.4 is 0 Å². The molecule has 1 amide bonds. The van der Waals surface area contributed by atoms with Crippen LogP contribution in [0.4, 0.5) is 3.89 Å². The maximum atomic E-state index is 12.9. The van der Waals surface area contributed by atoms with Crippen molar-refractivity contribution in [2.45, 2.75) is 42.9 Å². The summed E-state index contributed by atoms with van der Waals surface area (Å²) in [6, 6.07) is 0. The highest BCUT2D eigenvalue weighted by Gasteiger charge is 2.53. The van der Waals surface area contributed by atoms with E-state index in [9.17, 15) is 27.0 Å². The average Bonchev–Trinajstić information content (AvgIpc) is 2.82. The van der Waals surface area contributed by atoms with Crippen LogP contribution in [0, 0.1) is 0 Å². The summed E-state index contributed by atoms with van der Waals surface area (Å²) in [7, 11) is -4.81. The molecular formula is C10H14FNO5S. The summed E-state index contributed by atoms with van der Waals surface area (Å²) in [5.74, 6) is -1.73. The molecule has 0 spiro atoms. The third-order valence-corrected chi connectivity index (χ3v) is 4.95. The fourth-order valence-electron chi connectivity index (χ4n) is 2.84. The van der Waals surface area contributed by atoms with E-state index in [1.165, 1.54) is 0 Å². The summed E-state index contributed by atoms with van der Waals surface area (Å²) in [5.41, 5.74) is -1.34. The third-order valence-electron chi connectivity index (χ3n) is 3.83. The molecule has 1 unspecified atom stereocenters. The Morgan fingerprint density at radius 3 is 2.33 bits per heavy atom. The molecule has 1 saturated carbocycles. The predicted molar refractivity (Wildman–Crippen MR) is 59.0 cm³/mol. The van der Waals surface area contributed by atoms with Crippen LogP contribution in [0.3, 0.4) is 0 Å². The van der Waals surface area contributed by atoms with Gasteiger partial charge in [0.05, 0.1) is 0 Å². The molecular weight excluding hydrogens is 265 g/mol. The van der Waals surface area contributed by atoms with Crippen LogP contribution in [0.5, 0.6) is 0 Å². The number of carbonyl (C=O) groups excluding carboxylic acids is 1. The lowest BCUT2D eigenvalue weighted by Crippen LogP contribution is -2.53. The third kappa shape index (κ3) is 1.98. The van der Waals surface area contributed by atoms with Crippen LogP contribution in [0.1, 0.15) is 32.1 Å². The number of halogens is 1. The van der Waals surface area contributed by atoms with Crippen molar-refractivity contribution < 1.29 is 27.0 Å². The standard InChI is InChI=1S/C10H14FNO5S/c11-18(16,17)7-5-8(13)12(6-7)10(9(14)15)3-1-2-4-10/h7H,1-6H2,(H,14,15). The topological polar surface area (TPSA) is 91.8 Å². The van der Waals surface area contributed by atoms with Crippen molar-refractivity contribution in [3.05, 3.63) is 0 Å². The van der Waals surface area contributed by atoms with Crippen molar-refractivity contribution in [1.82, 2.24) is 4.90 Å². The Balaban J connectivity index is 2.29. The van der Waals surface area contributed by atoms with E-state index in [2.05, 4.69) is 0 Å². The zero-order chi connectivity index (χ0) is 13.6. The highest BCUT2D eigenvalue weighted by molar-refractivity contribution is 7.87. The van der Waals surface area contributed by atoms with Crippen LogP contribution in [0.15, 0.2) is 0 Å². The van der Waals surface area contributed by atoms with E-state index in [0.717, 1.165) is 4.90 Å². The fourth-order valence-corrected chi connectivity index (χ4v) is 3.50. The zero-order valence-electron chi connectivity index (χ0n) is 9.63. The first-order valence-electron chi connectivity index (χ1n) is 5.75. The number of nitrogens with zero attached hydrogens (tertiary/aromatic N) is 1. The number of hydrogen-bond acceptors (Lipinski definition) is 4. The first kappa shape index (κ1) is 13.3. The van der Waals surface area contributed by atoms with E-state index in [4.69, 9.17) is 0 Å². The molecule has 18 heavy (non-hydrogen) atoms. The minimum absolute atomic E-state index is 0.299. The van der Waals surface area contributed by atoms with E-state index in [-0.39, 0.29) is 6.54 Å². The molecule has 1 saturated heterocycles. The van der Waals surface area contributed by atoms with Gasteiger partial charge in [-0.15, -0.1) is 3.89 Å². The molecule has 0 aromatic heterocycles. The van der Waals surface area contributed by atoms with Gasteiger partial charge in [-0.25, -0.2) is 4.79 Å². The number of amides is 1. The highest BCUT2D eigenvalue weighted by atomic mass is 32.3. The average molecular weight is 279 g/mol. The number of aliphatic carboxylic acids is 1. The van der Waals surface area contributed by atoms with Gasteiger partial charge in [-0.3, -0.25) is 4.79 Å². The van der Waals surface area contributed by atoms with Crippen molar-refractivity contribution in [3.8, 4) is 0 Å². The lowest BCUT2D eigenvalue weighted by Gasteiger charge is -2.34. The minimum atomic E-state index is -4.81. The number of carboxylic acids is 1. The fraction of sp³-hybridized carbons (Fsp3) is 0.800. The molecule has 0 aromatic rings. The number of hydrogen-bond donors (Lipinski definition) is 1. The van der Waals surface area contributed by atoms with Crippen LogP contribution in [0.25, 0.3) is 0 Å². The van der Waals surface area contributed by atoms with E-state index in [1.807, 2.05) is 0 Å². The maximum Gasteiger partial charge on any atom is 0.329 e. The lowest BCUT2D eigenvalue weighted by molar-refractivity contribution is -0.156. The molecule has 1 aliphatic heterocycles. The molecule has 1 atom stereocenters. The molecule has 102 valence electrons. The first-order valence-corrected chi connectivity index (χ1v) is 7.19. The van der Waals surface area contributed by atoms with Crippen LogP contribution >= 0.6 is 0 Å². The minimum Gasteiger partial charge on any atom is -0.479 e. The second-order valence-electron chi connectivity index (χ2n) is 4.85. The quantitative estimate of drug-likeness (QED) is 0.749. The Morgan fingerprint density at radius 2 is 1.94 bits per heavy atom. The van der Waals surface area contributed by atoms with Gasteiger partial charge in [-0.1, -0.05) is 12.8 Å². The Bertz CT molecular complexity index is 482. The zero-order valence-corrected chi connectivity index (χ0v) is 10.5. The van der Waals surface area contributed by atoms with Crippen LogP contribution in [0.2, 0.25) is 0 Å². The monoisotopic (exact) mass is 279 g/mol. The molecule has 2 aliphatic rings. The summed E-state index contributed by atoms with van der Waals surface area (Å²) in [6.45, 7) is -0.357. The van der Waals surface area contributed by atoms with Gasteiger partial charge in [0.1, 0.15) is 10.8 Å². The van der Waals surface area contributed by atoms with Crippen molar-refractivity contribution in [3.63, 3.8) is 0 Å². The van der Waals surface area contributed by atoms with Gasteiger partial charge in [-0.05, 0) is 12.8 Å². The van der Waals surface area contributed by atoms with E-state index in [1.54, 1.807) is 0 Å². The van der Waals surface area contributed by atoms with Crippen molar-refractivity contribution in [2.75, 3.05) is 6.54 Å². The summed E-state index contributed by atoms with van der Waals surface area (Å²) >= 11 is 0. The number of likely N-dealkylation sites (tertiary alicyclic amines) is 1. The predicted octanol–water partition coefficient (Wildman–Crippen LogP) is 0.284. The highest BCUT2D eigenvalue weighted by Crippen LogP contribution is 2.39. The van der Waals surface area contributed by atoms with E-state index in [0.29, 0.717) is 25.7 Å². The van der Waals surface area contributed by atoms with Crippen molar-refractivity contribution in [1.29, 1.82) is 0 Å². The van der Waals surface area contributed by atoms with Crippen LogP contribution in [-0.4, -0.2) is 47.6 Å². The smallest absolute Gasteiger partial charge is 0.329 e. The van der Waals surface area contributed by atoms with Gasteiger partial charge in [-0.2, -0.15) is 8.42 Å². The Hall–Kier alpha value is -1.18. The molecule has 0 radical (unpaired) electrons. The molecule has 0 bridgehead atoms. The Labute approximate surface area is 104 Å². The second kappa shape index (κ2) is 4.18. The van der Waals surface area contributed by atoms with Crippen LogP contribution in [-0.2, 0) is 19.8 Å². The SMILES string of the molecule is O=C1CC(S(=O)(=O)F)CN1C1(C(=O)O)CCCC1. The molecule has 1 heterocycles. The Morgan fingerprint density at radius 1 is 1.39 bits per heavy atom. The molecule has 1 aliphatic carbocycles. The van der Waals surface area contributed by atoms with Gasteiger partial charge in [0.15, 0.2) is 0 Å². The number of carbonyl (C=O) groups is 2. The number of carboxylic acid groups (broad SMARTS) is 1. The normalized spacial score (nSPS) is 27.7. The van der Waals surface area contributed by atoms with E-state index >= 15 is 0 Å². The second-order valence-corrected chi connectivity index (χ2v) is 6.47. The van der Waals surface area contributed by atoms with E-state index < -0.39 is 39.3 Å². The van der Waals surface area contributed by atoms with Crippen molar-refractivity contribution >= 4 is 22.1 Å². The maximum absolute atomic E-state index is 12.9. The van der Waals surface area contributed by atoms with Gasteiger partial charge in [0.25, 0.3) is 0 Å². The summed E-state index contributed by atoms with van der Waals surface area (Å²) < 4.78 is 34.5.